The lowest BCUT2D eigenvalue weighted by Gasteiger charge is -2.11. The number of rotatable bonds is 8. The number of anilines is 1. The SMILES string of the molecule is CN(C)CCOCCNC(=O)c1cc(Br)cnc1NN. The van der Waals surface area contributed by atoms with E-state index in [4.69, 9.17) is 10.6 Å². The van der Waals surface area contributed by atoms with E-state index in [1.807, 2.05) is 19.0 Å². The summed E-state index contributed by atoms with van der Waals surface area (Å²) in [6.45, 7) is 2.39. The van der Waals surface area contributed by atoms with Gasteiger partial charge in [-0.2, -0.15) is 0 Å². The Bertz CT molecular complexity index is 442. The first kappa shape index (κ1) is 16.8. The zero-order valence-corrected chi connectivity index (χ0v) is 13.2. The summed E-state index contributed by atoms with van der Waals surface area (Å²) < 4.78 is 6.10. The molecule has 1 heterocycles. The molecule has 1 amide bonds. The average molecular weight is 346 g/mol. The number of pyridine rings is 1. The molecule has 20 heavy (non-hydrogen) atoms. The van der Waals surface area contributed by atoms with Gasteiger partial charge in [0.1, 0.15) is 0 Å². The summed E-state index contributed by atoms with van der Waals surface area (Å²) >= 11 is 3.27. The van der Waals surface area contributed by atoms with Crippen molar-refractivity contribution in [2.75, 3.05) is 45.8 Å². The molecule has 0 aromatic carbocycles. The molecule has 0 saturated carbocycles. The highest BCUT2D eigenvalue weighted by Crippen LogP contribution is 2.16. The zero-order chi connectivity index (χ0) is 15.0. The van der Waals surface area contributed by atoms with E-state index in [0.29, 0.717) is 35.6 Å². The quantitative estimate of drug-likeness (QED) is 0.359. The van der Waals surface area contributed by atoms with Gasteiger partial charge in [-0.3, -0.25) is 4.79 Å². The summed E-state index contributed by atoms with van der Waals surface area (Å²) in [4.78, 5) is 18.0. The average Bonchev–Trinajstić information content (AvgIpc) is 2.42. The number of likely N-dealkylation sites (N-methyl/N-ethyl adjacent to an activating group) is 1. The lowest BCUT2D eigenvalue weighted by molar-refractivity contribution is 0.0900. The Morgan fingerprint density at radius 1 is 1.50 bits per heavy atom. The normalized spacial score (nSPS) is 10.7. The molecule has 0 atom stereocenters. The van der Waals surface area contributed by atoms with Crippen LogP contribution in [0.1, 0.15) is 10.4 Å². The Morgan fingerprint density at radius 3 is 2.90 bits per heavy atom. The van der Waals surface area contributed by atoms with Crippen molar-refractivity contribution in [3.8, 4) is 0 Å². The molecule has 112 valence electrons. The fourth-order valence-corrected chi connectivity index (χ4v) is 1.74. The van der Waals surface area contributed by atoms with Gasteiger partial charge in [-0.05, 0) is 36.1 Å². The first-order valence-corrected chi connectivity index (χ1v) is 6.96. The van der Waals surface area contributed by atoms with E-state index in [1.54, 1.807) is 12.3 Å². The van der Waals surface area contributed by atoms with Crippen molar-refractivity contribution >= 4 is 27.7 Å². The van der Waals surface area contributed by atoms with Crippen LogP contribution < -0.4 is 16.6 Å². The summed E-state index contributed by atoms with van der Waals surface area (Å²) in [5, 5.41) is 2.76. The Balaban J connectivity index is 2.37. The van der Waals surface area contributed by atoms with Crippen molar-refractivity contribution in [2.24, 2.45) is 5.84 Å². The molecular formula is C12H20BrN5O2. The third-order valence-corrected chi connectivity index (χ3v) is 2.88. The molecule has 1 rings (SSSR count). The number of carbonyl (C=O) groups excluding carboxylic acids is 1. The van der Waals surface area contributed by atoms with Gasteiger partial charge in [0.05, 0.1) is 18.8 Å². The number of nitrogens with zero attached hydrogens (tertiary/aromatic N) is 2. The molecule has 0 unspecified atom stereocenters. The molecule has 0 saturated heterocycles. The minimum absolute atomic E-state index is 0.247. The second-order valence-corrected chi connectivity index (χ2v) is 5.28. The topological polar surface area (TPSA) is 92.5 Å². The highest BCUT2D eigenvalue weighted by molar-refractivity contribution is 9.10. The Hall–Kier alpha value is -1.22. The summed E-state index contributed by atoms with van der Waals surface area (Å²) in [5.41, 5.74) is 2.78. The molecule has 0 spiro atoms. The van der Waals surface area contributed by atoms with Gasteiger partial charge in [0.2, 0.25) is 0 Å². The monoisotopic (exact) mass is 345 g/mol. The van der Waals surface area contributed by atoms with Gasteiger partial charge in [0.15, 0.2) is 5.82 Å². The molecule has 0 bridgehead atoms. The van der Waals surface area contributed by atoms with Crippen molar-refractivity contribution in [1.29, 1.82) is 0 Å². The number of nitrogen functional groups attached to an aromatic ring is 1. The van der Waals surface area contributed by atoms with Gasteiger partial charge in [0, 0.05) is 23.8 Å². The second-order valence-electron chi connectivity index (χ2n) is 4.37. The molecule has 1 aromatic heterocycles. The van der Waals surface area contributed by atoms with Crippen molar-refractivity contribution in [1.82, 2.24) is 15.2 Å². The predicted molar refractivity (Wildman–Crippen MR) is 81.5 cm³/mol. The molecule has 0 aliphatic heterocycles. The van der Waals surface area contributed by atoms with E-state index in [0.717, 1.165) is 6.54 Å². The summed E-state index contributed by atoms with van der Waals surface area (Å²) in [6, 6.07) is 1.66. The van der Waals surface area contributed by atoms with Crippen LogP contribution in [-0.2, 0) is 4.74 Å². The Morgan fingerprint density at radius 2 is 2.25 bits per heavy atom. The molecule has 0 fully saturated rings. The summed E-state index contributed by atoms with van der Waals surface area (Å²) in [7, 11) is 3.96. The number of nitrogens with one attached hydrogen (secondary N) is 2. The number of nitrogens with two attached hydrogens (primary N) is 1. The van der Waals surface area contributed by atoms with Crippen LogP contribution in [-0.4, -0.2) is 56.2 Å². The van der Waals surface area contributed by atoms with Gasteiger partial charge in [-0.15, -0.1) is 0 Å². The van der Waals surface area contributed by atoms with E-state index in [-0.39, 0.29) is 5.91 Å². The van der Waals surface area contributed by atoms with Crippen LogP contribution in [0.15, 0.2) is 16.7 Å². The minimum atomic E-state index is -0.247. The number of carbonyl (C=O) groups is 1. The van der Waals surface area contributed by atoms with Crippen molar-refractivity contribution in [2.45, 2.75) is 0 Å². The number of ether oxygens (including phenoxy) is 1. The fraction of sp³-hybridized carbons (Fsp3) is 0.500. The van der Waals surface area contributed by atoms with Gasteiger partial charge >= 0.3 is 0 Å². The number of amides is 1. The molecule has 0 aliphatic rings. The number of aromatic nitrogens is 1. The fourth-order valence-electron chi connectivity index (χ4n) is 1.41. The third-order valence-electron chi connectivity index (χ3n) is 2.45. The lowest BCUT2D eigenvalue weighted by Crippen LogP contribution is -2.29. The van der Waals surface area contributed by atoms with Crippen LogP contribution >= 0.6 is 15.9 Å². The number of hydrogen-bond acceptors (Lipinski definition) is 6. The van der Waals surface area contributed by atoms with Crippen molar-refractivity contribution in [3.63, 3.8) is 0 Å². The third kappa shape index (κ3) is 5.83. The summed E-state index contributed by atoms with van der Waals surface area (Å²) in [5.74, 6) is 5.41. The highest BCUT2D eigenvalue weighted by atomic mass is 79.9. The van der Waals surface area contributed by atoms with Crippen LogP contribution in [0, 0.1) is 0 Å². The first-order chi connectivity index (χ1) is 9.54. The van der Waals surface area contributed by atoms with Crippen LogP contribution in [0.5, 0.6) is 0 Å². The number of hydrogen-bond donors (Lipinski definition) is 3. The highest BCUT2D eigenvalue weighted by Gasteiger charge is 2.12. The van der Waals surface area contributed by atoms with Crippen molar-refractivity contribution < 1.29 is 9.53 Å². The van der Waals surface area contributed by atoms with E-state index in [2.05, 4.69) is 31.7 Å². The lowest BCUT2D eigenvalue weighted by atomic mass is 10.2. The van der Waals surface area contributed by atoms with Crippen molar-refractivity contribution in [3.05, 3.63) is 22.3 Å². The maximum absolute atomic E-state index is 12.0. The van der Waals surface area contributed by atoms with Crippen LogP contribution in [0.2, 0.25) is 0 Å². The largest absolute Gasteiger partial charge is 0.378 e. The maximum atomic E-state index is 12.0. The molecule has 4 N–H and O–H groups in total. The number of hydrazine groups is 1. The molecule has 1 aromatic rings. The van der Waals surface area contributed by atoms with Gasteiger partial charge in [0.25, 0.3) is 5.91 Å². The van der Waals surface area contributed by atoms with Crippen LogP contribution in [0.4, 0.5) is 5.82 Å². The van der Waals surface area contributed by atoms with Gasteiger partial charge in [-0.1, -0.05) is 0 Å². The standard InChI is InChI=1S/C12H20BrN5O2/c1-18(2)4-6-20-5-3-15-12(19)10-7-9(13)8-16-11(10)17-14/h7-8H,3-6,14H2,1-2H3,(H,15,19)(H,16,17). The first-order valence-electron chi connectivity index (χ1n) is 6.17. The summed E-state index contributed by atoms with van der Waals surface area (Å²) in [6.07, 6.45) is 1.57. The van der Waals surface area contributed by atoms with Gasteiger partial charge in [-0.25, -0.2) is 10.8 Å². The zero-order valence-electron chi connectivity index (χ0n) is 11.6. The minimum Gasteiger partial charge on any atom is -0.378 e. The number of halogens is 1. The molecule has 0 radical (unpaired) electrons. The Labute approximate surface area is 127 Å². The maximum Gasteiger partial charge on any atom is 0.255 e. The van der Waals surface area contributed by atoms with E-state index < -0.39 is 0 Å². The molecule has 8 heteroatoms. The van der Waals surface area contributed by atoms with E-state index >= 15 is 0 Å². The van der Waals surface area contributed by atoms with Crippen LogP contribution in [0.3, 0.4) is 0 Å². The molecular weight excluding hydrogens is 326 g/mol. The van der Waals surface area contributed by atoms with E-state index in [1.165, 1.54) is 0 Å². The second kappa shape index (κ2) is 8.85. The molecule has 7 nitrogen and oxygen atoms in total. The van der Waals surface area contributed by atoms with E-state index in [9.17, 15) is 4.79 Å². The molecule has 0 aliphatic carbocycles. The predicted octanol–water partition coefficient (Wildman–Crippen LogP) is 0.438. The Kier molecular flexibility index (Phi) is 7.45. The smallest absolute Gasteiger partial charge is 0.255 e. The van der Waals surface area contributed by atoms with Crippen LogP contribution in [0.25, 0.3) is 0 Å². The van der Waals surface area contributed by atoms with Gasteiger partial charge < -0.3 is 20.4 Å².